The van der Waals surface area contributed by atoms with Gasteiger partial charge in [-0.3, -0.25) is 9.97 Å². The maximum atomic E-state index is 5.52. The van der Waals surface area contributed by atoms with E-state index in [2.05, 4.69) is 22.1 Å². The van der Waals surface area contributed by atoms with Crippen LogP contribution in [0.4, 0.5) is 0 Å². The van der Waals surface area contributed by atoms with Crippen LogP contribution in [0.5, 0.6) is 0 Å². The Kier molecular flexibility index (Phi) is 8.18. The van der Waals surface area contributed by atoms with E-state index in [9.17, 15) is 0 Å². The fourth-order valence-electron chi connectivity index (χ4n) is 2.94. The molecule has 0 atom stereocenters. The third-order valence-corrected chi connectivity index (χ3v) is 7.80. The zero-order valence-corrected chi connectivity index (χ0v) is 20.4. The first-order chi connectivity index (χ1) is 15.7. The lowest BCUT2D eigenvalue weighted by atomic mass is 10.2. The minimum Gasteiger partial charge on any atom is -0.254 e. The van der Waals surface area contributed by atoms with Crippen LogP contribution in [0.15, 0.2) is 97.3 Å². The molecule has 2 aromatic heterocycles. The summed E-state index contributed by atoms with van der Waals surface area (Å²) in [7, 11) is 0. The Morgan fingerprint density at radius 1 is 0.562 bits per heavy atom. The van der Waals surface area contributed by atoms with Gasteiger partial charge in [-0.15, -0.1) is 23.5 Å². The first kappa shape index (κ1) is 22.8. The van der Waals surface area contributed by atoms with E-state index < -0.39 is 0 Å². The molecule has 0 saturated heterocycles. The van der Waals surface area contributed by atoms with E-state index in [0.717, 1.165) is 53.5 Å². The van der Waals surface area contributed by atoms with Gasteiger partial charge in [0.05, 0.1) is 19.8 Å². The standard InChI is InChI=1S/C26H20N2S4/c29-25(21-7-3-1-4-8-21)31-17-19-11-13-23(27-15-19)24-14-12-20(16-28-24)18-32-26(30)22-9-5-2-6-10-22/h1-16H,17-18H2. The van der Waals surface area contributed by atoms with Gasteiger partial charge >= 0.3 is 0 Å². The van der Waals surface area contributed by atoms with Gasteiger partial charge in [0.25, 0.3) is 0 Å². The second-order valence-corrected chi connectivity index (χ2v) is 10.3. The predicted octanol–water partition coefficient (Wildman–Crippen LogP) is 7.36. The highest BCUT2D eigenvalue weighted by Crippen LogP contribution is 2.23. The second-order valence-electron chi connectivity index (χ2n) is 6.99. The summed E-state index contributed by atoms with van der Waals surface area (Å²) in [6, 6.07) is 28.4. The van der Waals surface area contributed by atoms with Crippen LogP contribution in [0, 0.1) is 0 Å². The van der Waals surface area contributed by atoms with Crippen LogP contribution in [0.1, 0.15) is 22.3 Å². The van der Waals surface area contributed by atoms with Gasteiger partial charge in [0.15, 0.2) is 0 Å². The molecule has 158 valence electrons. The number of pyridine rings is 2. The normalized spacial score (nSPS) is 10.6. The SMILES string of the molecule is S=C(SCc1ccc(-c2ccc(CSC(=S)c3ccccc3)cn2)nc1)c1ccccc1. The Labute approximate surface area is 207 Å². The number of benzene rings is 2. The third-order valence-electron chi connectivity index (χ3n) is 4.67. The smallest absolute Gasteiger partial charge is 0.0886 e. The van der Waals surface area contributed by atoms with Crippen molar-refractivity contribution < 1.29 is 0 Å². The van der Waals surface area contributed by atoms with Gasteiger partial charge in [0, 0.05) is 23.9 Å². The van der Waals surface area contributed by atoms with Crippen LogP contribution < -0.4 is 0 Å². The van der Waals surface area contributed by atoms with Crippen LogP contribution >= 0.6 is 48.0 Å². The molecule has 0 aliphatic heterocycles. The highest BCUT2D eigenvalue weighted by atomic mass is 32.2. The van der Waals surface area contributed by atoms with Crippen molar-refractivity contribution in [3.8, 4) is 11.4 Å². The van der Waals surface area contributed by atoms with Gasteiger partial charge in [0.1, 0.15) is 0 Å². The van der Waals surface area contributed by atoms with E-state index in [4.69, 9.17) is 24.4 Å². The summed E-state index contributed by atoms with van der Waals surface area (Å²) in [5.74, 6) is 1.60. The lowest BCUT2D eigenvalue weighted by molar-refractivity contribution is 1.19. The highest BCUT2D eigenvalue weighted by Gasteiger charge is 2.06. The van der Waals surface area contributed by atoms with Crippen LogP contribution in [0.25, 0.3) is 11.4 Å². The number of hydrogen-bond donors (Lipinski definition) is 0. The third kappa shape index (κ3) is 6.33. The van der Waals surface area contributed by atoms with E-state index in [1.54, 1.807) is 23.5 Å². The number of nitrogens with zero attached hydrogens (tertiary/aromatic N) is 2. The second kappa shape index (κ2) is 11.5. The highest BCUT2D eigenvalue weighted by molar-refractivity contribution is 8.23. The van der Waals surface area contributed by atoms with Crippen molar-refractivity contribution in [3.63, 3.8) is 0 Å². The molecule has 0 radical (unpaired) electrons. The van der Waals surface area contributed by atoms with Gasteiger partial charge in [0.2, 0.25) is 0 Å². The Hall–Kier alpha value is -2.38. The summed E-state index contributed by atoms with van der Waals surface area (Å²) in [5, 5.41) is 0. The van der Waals surface area contributed by atoms with Gasteiger partial charge in [-0.25, -0.2) is 0 Å². The molecule has 0 spiro atoms. The molecule has 0 unspecified atom stereocenters. The first-order valence-electron chi connectivity index (χ1n) is 10.0. The van der Waals surface area contributed by atoms with E-state index in [1.807, 2.05) is 85.2 Å². The molecule has 2 heterocycles. The topological polar surface area (TPSA) is 25.8 Å². The molecule has 2 aromatic carbocycles. The summed E-state index contributed by atoms with van der Waals surface area (Å²) in [4.78, 5) is 9.20. The minimum absolute atomic E-state index is 0.798. The lowest BCUT2D eigenvalue weighted by Crippen LogP contribution is -1.95. The molecule has 0 bridgehead atoms. The molecule has 4 aromatic rings. The summed E-state index contributed by atoms with van der Waals surface area (Å²) in [5.41, 5.74) is 6.18. The summed E-state index contributed by atoms with van der Waals surface area (Å²) in [6.07, 6.45) is 3.80. The zero-order valence-electron chi connectivity index (χ0n) is 17.2. The largest absolute Gasteiger partial charge is 0.254 e. The van der Waals surface area contributed by atoms with Gasteiger partial charge in [-0.05, 0) is 34.4 Å². The van der Waals surface area contributed by atoms with Crippen molar-refractivity contribution in [3.05, 3.63) is 120 Å². The molecule has 0 amide bonds. The van der Waals surface area contributed by atoms with Crippen molar-refractivity contribution >= 4 is 56.4 Å². The zero-order chi connectivity index (χ0) is 22.2. The van der Waals surface area contributed by atoms with E-state index >= 15 is 0 Å². The van der Waals surface area contributed by atoms with Crippen molar-refractivity contribution in [2.75, 3.05) is 0 Å². The Morgan fingerprint density at radius 2 is 0.969 bits per heavy atom. The summed E-state index contributed by atoms with van der Waals surface area (Å²) >= 11 is 14.4. The summed E-state index contributed by atoms with van der Waals surface area (Å²) < 4.78 is 1.80. The fourth-order valence-corrected chi connectivity index (χ4v) is 5.10. The van der Waals surface area contributed by atoms with Crippen molar-refractivity contribution in [2.24, 2.45) is 0 Å². The van der Waals surface area contributed by atoms with Crippen LogP contribution in [0.3, 0.4) is 0 Å². The Balaban J connectivity index is 1.31. The number of thiocarbonyl (C=S) groups is 2. The summed E-state index contributed by atoms with van der Waals surface area (Å²) in [6.45, 7) is 0. The molecule has 0 aliphatic rings. The molecule has 0 fully saturated rings. The molecule has 0 N–H and O–H groups in total. The molecule has 2 nitrogen and oxygen atoms in total. The van der Waals surface area contributed by atoms with Crippen LogP contribution in [-0.2, 0) is 11.5 Å². The maximum absolute atomic E-state index is 5.52. The monoisotopic (exact) mass is 488 g/mol. The molecule has 4 rings (SSSR count). The van der Waals surface area contributed by atoms with Crippen molar-refractivity contribution in [1.82, 2.24) is 9.97 Å². The number of aromatic nitrogens is 2. The molecule has 32 heavy (non-hydrogen) atoms. The van der Waals surface area contributed by atoms with Crippen LogP contribution in [0.2, 0.25) is 0 Å². The molecular weight excluding hydrogens is 469 g/mol. The number of rotatable bonds is 7. The van der Waals surface area contributed by atoms with Gasteiger partial charge in [-0.2, -0.15) is 0 Å². The molecular formula is C26H20N2S4. The fraction of sp³-hybridized carbons (Fsp3) is 0.0769. The Morgan fingerprint density at radius 3 is 1.31 bits per heavy atom. The van der Waals surface area contributed by atoms with Gasteiger partial charge in [-0.1, -0.05) is 97.2 Å². The predicted molar refractivity (Wildman–Crippen MR) is 146 cm³/mol. The Bertz CT molecular complexity index is 1080. The van der Waals surface area contributed by atoms with E-state index in [1.165, 1.54) is 0 Å². The minimum atomic E-state index is 0.798. The molecule has 0 saturated carbocycles. The van der Waals surface area contributed by atoms with Gasteiger partial charge < -0.3 is 0 Å². The number of thioether (sulfide) groups is 2. The molecule has 0 aliphatic carbocycles. The van der Waals surface area contributed by atoms with E-state index in [0.29, 0.717) is 0 Å². The quantitative estimate of drug-likeness (QED) is 0.252. The maximum Gasteiger partial charge on any atom is 0.0886 e. The average Bonchev–Trinajstić information content (AvgIpc) is 2.87. The van der Waals surface area contributed by atoms with Crippen molar-refractivity contribution in [2.45, 2.75) is 11.5 Å². The van der Waals surface area contributed by atoms with Crippen molar-refractivity contribution in [1.29, 1.82) is 0 Å². The number of hydrogen-bond acceptors (Lipinski definition) is 6. The van der Waals surface area contributed by atoms with Crippen LogP contribution in [-0.4, -0.2) is 18.4 Å². The van der Waals surface area contributed by atoms with E-state index in [-0.39, 0.29) is 0 Å². The first-order valence-corrected chi connectivity index (χ1v) is 12.8. The lowest BCUT2D eigenvalue weighted by Gasteiger charge is -2.06. The molecule has 6 heteroatoms. The average molecular weight is 489 g/mol.